The second kappa shape index (κ2) is 4.95. The molecule has 0 amide bonds. The van der Waals surface area contributed by atoms with Crippen LogP contribution >= 0.6 is 22.6 Å². The Morgan fingerprint density at radius 3 is 2.71 bits per heavy atom. The van der Waals surface area contributed by atoms with Gasteiger partial charge in [0.15, 0.2) is 0 Å². The molecule has 4 aliphatic rings. The fraction of sp³-hybridized carbons (Fsp3) is 0.895. The van der Waals surface area contributed by atoms with Gasteiger partial charge >= 0.3 is 0 Å². The number of rotatable bonds is 0. The summed E-state index contributed by atoms with van der Waals surface area (Å²) in [6.07, 6.45) is 11.6. The number of hydrogen-bond donors (Lipinski definition) is 0. The molecule has 118 valence electrons. The molecule has 2 heteroatoms. The van der Waals surface area contributed by atoms with Gasteiger partial charge in [-0.3, -0.25) is 0 Å². The van der Waals surface area contributed by atoms with Crippen LogP contribution in [0.4, 0.5) is 4.39 Å². The maximum Gasteiger partial charge on any atom is 0.100 e. The number of hydrogen-bond acceptors (Lipinski definition) is 0. The first-order valence-electron chi connectivity index (χ1n) is 8.95. The normalized spacial score (nSPS) is 56.2. The molecular weight excluding hydrogens is 374 g/mol. The molecule has 0 aliphatic heterocycles. The van der Waals surface area contributed by atoms with Gasteiger partial charge in [0.05, 0.1) is 0 Å². The average Bonchev–Trinajstić information content (AvgIpc) is 2.76. The molecule has 3 saturated carbocycles. The molecule has 0 saturated heterocycles. The zero-order chi connectivity index (χ0) is 14.8. The van der Waals surface area contributed by atoms with Gasteiger partial charge in [-0.25, -0.2) is 4.39 Å². The second-order valence-electron chi connectivity index (χ2n) is 8.77. The standard InChI is InChI=1S/C19H28FI/c1-18-9-7-13(20)11-12(18)3-4-14-15-5-6-17(21)19(15,2)10-8-16(14)18/h6,12-16H,3-5,7-11H2,1-2H3/t12-,13-,14-,15-,16-,18-,19-/m0/s1. The van der Waals surface area contributed by atoms with E-state index in [4.69, 9.17) is 0 Å². The lowest BCUT2D eigenvalue weighted by Crippen LogP contribution is -2.53. The first-order valence-corrected chi connectivity index (χ1v) is 10.0. The Kier molecular flexibility index (Phi) is 3.52. The number of fused-ring (bicyclic) bond motifs is 5. The highest BCUT2D eigenvalue weighted by Gasteiger charge is 2.58. The Labute approximate surface area is 142 Å². The van der Waals surface area contributed by atoms with Crippen LogP contribution in [-0.4, -0.2) is 6.17 Å². The van der Waals surface area contributed by atoms with Gasteiger partial charge in [0.25, 0.3) is 0 Å². The summed E-state index contributed by atoms with van der Waals surface area (Å²) >= 11 is 2.60. The minimum Gasteiger partial charge on any atom is -0.247 e. The predicted molar refractivity (Wildman–Crippen MR) is 94.1 cm³/mol. The maximum absolute atomic E-state index is 13.9. The topological polar surface area (TPSA) is 0 Å². The molecule has 0 N–H and O–H groups in total. The van der Waals surface area contributed by atoms with E-state index in [2.05, 4.69) is 42.5 Å². The lowest BCUT2D eigenvalue weighted by molar-refractivity contribution is -0.108. The molecule has 0 aromatic carbocycles. The van der Waals surface area contributed by atoms with E-state index in [0.29, 0.717) is 16.7 Å². The van der Waals surface area contributed by atoms with Crippen molar-refractivity contribution in [3.05, 3.63) is 9.66 Å². The van der Waals surface area contributed by atoms with E-state index < -0.39 is 6.17 Å². The highest BCUT2D eigenvalue weighted by atomic mass is 127. The smallest absolute Gasteiger partial charge is 0.100 e. The molecule has 0 heterocycles. The van der Waals surface area contributed by atoms with E-state index in [1.165, 1.54) is 32.1 Å². The highest BCUT2D eigenvalue weighted by Crippen LogP contribution is 2.67. The van der Waals surface area contributed by atoms with E-state index in [1.807, 2.05) is 0 Å². The molecule has 3 fully saturated rings. The molecule has 21 heavy (non-hydrogen) atoms. The number of allylic oxidation sites excluding steroid dienone is 2. The van der Waals surface area contributed by atoms with Crippen molar-refractivity contribution in [1.82, 2.24) is 0 Å². The maximum atomic E-state index is 13.9. The first-order chi connectivity index (χ1) is 9.95. The van der Waals surface area contributed by atoms with E-state index >= 15 is 0 Å². The Hall–Kier alpha value is 0.400. The van der Waals surface area contributed by atoms with Crippen LogP contribution in [0, 0.1) is 34.5 Å². The van der Waals surface area contributed by atoms with Gasteiger partial charge in [-0.15, -0.1) is 0 Å². The van der Waals surface area contributed by atoms with E-state index in [-0.39, 0.29) is 0 Å². The molecule has 0 spiro atoms. The van der Waals surface area contributed by atoms with E-state index in [0.717, 1.165) is 37.0 Å². The monoisotopic (exact) mass is 402 g/mol. The van der Waals surface area contributed by atoms with Crippen LogP contribution in [0.5, 0.6) is 0 Å². The van der Waals surface area contributed by atoms with Crippen LogP contribution in [0.1, 0.15) is 65.2 Å². The molecule has 7 atom stereocenters. The summed E-state index contributed by atoms with van der Waals surface area (Å²) in [5, 5.41) is 0. The van der Waals surface area contributed by atoms with Gasteiger partial charge < -0.3 is 0 Å². The van der Waals surface area contributed by atoms with Crippen LogP contribution < -0.4 is 0 Å². The fourth-order valence-electron chi connectivity index (χ4n) is 6.72. The summed E-state index contributed by atoms with van der Waals surface area (Å²) in [6.45, 7) is 5.04. The summed E-state index contributed by atoms with van der Waals surface area (Å²) in [4.78, 5) is 0. The largest absolute Gasteiger partial charge is 0.247 e. The predicted octanol–water partition coefficient (Wildman–Crippen LogP) is 6.30. The lowest BCUT2D eigenvalue weighted by Gasteiger charge is -2.60. The van der Waals surface area contributed by atoms with Crippen molar-refractivity contribution in [2.75, 3.05) is 0 Å². The van der Waals surface area contributed by atoms with Crippen molar-refractivity contribution in [2.45, 2.75) is 71.4 Å². The minimum atomic E-state index is -0.512. The van der Waals surface area contributed by atoms with Crippen LogP contribution in [0.15, 0.2) is 9.66 Å². The van der Waals surface area contributed by atoms with Gasteiger partial charge in [0.1, 0.15) is 6.17 Å². The summed E-state index contributed by atoms with van der Waals surface area (Å²) in [7, 11) is 0. The summed E-state index contributed by atoms with van der Waals surface area (Å²) in [6, 6.07) is 0. The minimum absolute atomic E-state index is 0.445. The zero-order valence-electron chi connectivity index (χ0n) is 13.4. The summed E-state index contributed by atoms with van der Waals surface area (Å²) in [5.74, 6) is 3.33. The van der Waals surface area contributed by atoms with Crippen molar-refractivity contribution < 1.29 is 4.39 Å². The van der Waals surface area contributed by atoms with Gasteiger partial charge in [0, 0.05) is 5.41 Å². The fourth-order valence-corrected chi connectivity index (χ4v) is 7.64. The van der Waals surface area contributed by atoms with Crippen LogP contribution in [0.3, 0.4) is 0 Å². The molecule has 0 nitrogen and oxygen atoms in total. The van der Waals surface area contributed by atoms with Crippen molar-refractivity contribution in [1.29, 1.82) is 0 Å². The molecule has 0 aromatic heterocycles. The highest BCUT2D eigenvalue weighted by molar-refractivity contribution is 14.1. The van der Waals surface area contributed by atoms with Gasteiger partial charge in [-0.05, 0) is 107 Å². The average molecular weight is 402 g/mol. The van der Waals surface area contributed by atoms with E-state index in [9.17, 15) is 4.39 Å². The van der Waals surface area contributed by atoms with Crippen LogP contribution in [0.2, 0.25) is 0 Å². The van der Waals surface area contributed by atoms with Crippen molar-refractivity contribution in [2.24, 2.45) is 34.5 Å². The summed E-state index contributed by atoms with van der Waals surface area (Å²) < 4.78 is 15.5. The number of alkyl halides is 1. The number of halogens is 2. The van der Waals surface area contributed by atoms with Gasteiger partial charge in [-0.1, -0.05) is 19.9 Å². The Balaban J connectivity index is 1.63. The zero-order valence-corrected chi connectivity index (χ0v) is 15.5. The van der Waals surface area contributed by atoms with Crippen molar-refractivity contribution >= 4 is 22.6 Å². The SMILES string of the molecule is C[C@]12CC[C@H](F)C[C@@H]1CC[C@@H]1[C@@H]2CC[C@]2(C)C(I)=CC[C@@H]12. The third-order valence-corrected chi connectivity index (χ3v) is 9.76. The second-order valence-corrected chi connectivity index (χ2v) is 9.93. The van der Waals surface area contributed by atoms with Gasteiger partial charge in [-0.2, -0.15) is 0 Å². The van der Waals surface area contributed by atoms with Crippen LogP contribution in [-0.2, 0) is 0 Å². The molecule has 4 aliphatic carbocycles. The third kappa shape index (κ3) is 2.03. The Morgan fingerprint density at radius 1 is 1.10 bits per heavy atom. The lowest BCUT2D eigenvalue weighted by atomic mass is 9.45. The molecule has 0 aromatic rings. The molecule has 0 unspecified atom stereocenters. The van der Waals surface area contributed by atoms with Crippen molar-refractivity contribution in [3.8, 4) is 0 Å². The molecular formula is C19H28FI. The summed E-state index contributed by atoms with van der Waals surface area (Å²) in [5.41, 5.74) is 0.920. The Morgan fingerprint density at radius 2 is 1.90 bits per heavy atom. The molecule has 0 bridgehead atoms. The van der Waals surface area contributed by atoms with E-state index in [1.54, 1.807) is 3.58 Å². The first kappa shape index (κ1) is 15.0. The molecule has 4 rings (SSSR count). The van der Waals surface area contributed by atoms with Gasteiger partial charge in [0.2, 0.25) is 0 Å². The van der Waals surface area contributed by atoms with Crippen LogP contribution in [0.25, 0.3) is 0 Å². The van der Waals surface area contributed by atoms with Crippen molar-refractivity contribution in [3.63, 3.8) is 0 Å². The quantitative estimate of drug-likeness (QED) is 0.418. The third-order valence-electron chi connectivity index (χ3n) is 8.09. The molecule has 0 radical (unpaired) electrons. The Bertz CT molecular complexity index is 472.